The quantitative estimate of drug-likeness (QED) is 0.767. The number of carbonyl (C=O) groups is 2. The fourth-order valence-electron chi connectivity index (χ4n) is 2.00. The van der Waals surface area contributed by atoms with Crippen molar-refractivity contribution in [3.05, 3.63) is 41.8 Å². The fourth-order valence-corrected chi connectivity index (χ4v) is 2.00. The number of hydrogen-bond acceptors (Lipinski definition) is 4. The van der Waals surface area contributed by atoms with Crippen LogP contribution in [0, 0.1) is 6.92 Å². The second-order valence-electron chi connectivity index (χ2n) is 4.90. The van der Waals surface area contributed by atoms with Crippen LogP contribution in [0.2, 0.25) is 0 Å². The number of aliphatic carboxylic acids is 1. The van der Waals surface area contributed by atoms with Crippen LogP contribution in [0.1, 0.15) is 35.5 Å². The summed E-state index contributed by atoms with van der Waals surface area (Å²) in [6.07, 6.45) is 1.25. The maximum atomic E-state index is 12.1. The van der Waals surface area contributed by atoms with Gasteiger partial charge in [-0.25, -0.2) is 4.98 Å². The van der Waals surface area contributed by atoms with Crippen molar-refractivity contribution in [1.29, 1.82) is 0 Å². The summed E-state index contributed by atoms with van der Waals surface area (Å²) in [5.41, 5.74) is 1.07. The highest BCUT2D eigenvalue weighted by atomic mass is 16.4. The van der Waals surface area contributed by atoms with E-state index in [0.29, 0.717) is 31.0 Å². The third-order valence-electron chi connectivity index (χ3n) is 3.14. The van der Waals surface area contributed by atoms with Crippen LogP contribution in [0.15, 0.2) is 34.7 Å². The van der Waals surface area contributed by atoms with Gasteiger partial charge in [0.2, 0.25) is 5.89 Å². The van der Waals surface area contributed by atoms with Crippen molar-refractivity contribution in [3.8, 4) is 11.5 Å². The van der Waals surface area contributed by atoms with Crippen LogP contribution in [0.4, 0.5) is 0 Å². The van der Waals surface area contributed by atoms with Gasteiger partial charge < -0.3 is 14.8 Å². The van der Waals surface area contributed by atoms with Crippen LogP contribution in [-0.2, 0) is 4.79 Å². The Morgan fingerprint density at radius 2 is 1.95 bits per heavy atom. The summed E-state index contributed by atoms with van der Waals surface area (Å²) in [5, 5.41) is 11.3. The number of nitrogens with zero attached hydrogens (tertiary/aromatic N) is 1. The molecular formula is C16H18N2O4. The number of benzene rings is 1. The molecule has 0 saturated heterocycles. The molecule has 22 heavy (non-hydrogen) atoms. The maximum absolute atomic E-state index is 12.1. The predicted molar refractivity (Wildman–Crippen MR) is 80.5 cm³/mol. The van der Waals surface area contributed by atoms with Gasteiger partial charge in [-0.05, 0) is 31.9 Å². The van der Waals surface area contributed by atoms with Crippen molar-refractivity contribution < 1.29 is 19.1 Å². The summed E-state index contributed by atoms with van der Waals surface area (Å²) in [6.45, 7) is 2.11. The molecule has 116 valence electrons. The molecule has 0 fully saturated rings. The lowest BCUT2D eigenvalue weighted by Gasteiger charge is -2.02. The predicted octanol–water partition coefficient (Wildman–Crippen LogP) is 2.63. The number of carboxylic acid groups (broad SMARTS) is 1. The maximum Gasteiger partial charge on any atom is 0.303 e. The highest BCUT2D eigenvalue weighted by molar-refractivity contribution is 5.93. The Morgan fingerprint density at radius 3 is 2.64 bits per heavy atom. The largest absolute Gasteiger partial charge is 0.481 e. The molecule has 0 aliphatic rings. The van der Waals surface area contributed by atoms with Crippen molar-refractivity contribution in [2.24, 2.45) is 0 Å². The first-order chi connectivity index (χ1) is 10.6. The number of aromatic nitrogens is 1. The van der Waals surface area contributed by atoms with Gasteiger partial charge in [-0.2, -0.15) is 0 Å². The minimum atomic E-state index is -0.828. The number of carbonyl (C=O) groups excluding carboxylic acids is 1. The monoisotopic (exact) mass is 302 g/mol. The second-order valence-corrected chi connectivity index (χ2v) is 4.90. The zero-order valence-electron chi connectivity index (χ0n) is 12.3. The Labute approximate surface area is 128 Å². The molecule has 6 heteroatoms. The number of oxazole rings is 1. The summed E-state index contributed by atoms with van der Waals surface area (Å²) in [5.74, 6) is -0.263. The van der Waals surface area contributed by atoms with Crippen LogP contribution >= 0.6 is 0 Å². The number of amides is 1. The molecule has 6 nitrogen and oxygen atoms in total. The van der Waals surface area contributed by atoms with E-state index < -0.39 is 5.97 Å². The van der Waals surface area contributed by atoms with Crippen molar-refractivity contribution in [3.63, 3.8) is 0 Å². The molecule has 1 amide bonds. The van der Waals surface area contributed by atoms with Crippen molar-refractivity contribution in [1.82, 2.24) is 10.3 Å². The van der Waals surface area contributed by atoms with Crippen molar-refractivity contribution in [2.45, 2.75) is 26.2 Å². The summed E-state index contributed by atoms with van der Waals surface area (Å²) >= 11 is 0. The molecule has 0 saturated carbocycles. The van der Waals surface area contributed by atoms with E-state index in [1.165, 1.54) is 0 Å². The third-order valence-corrected chi connectivity index (χ3v) is 3.14. The standard InChI is InChI=1S/C16H18N2O4/c1-11-14(15(21)17-10-6-5-9-13(19)20)18-16(22-11)12-7-3-2-4-8-12/h2-4,7-8H,5-6,9-10H2,1H3,(H,17,21)(H,19,20). The van der Waals surface area contributed by atoms with Crippen LogP contribution in [0.25, 0.3) is 11.5 Å². The van der Waals surface area contributed by atoms with Gasteiger partial charge in [-0.1, -0.05) is 18.2 Å². The summed E-state index contributed by atoms with van der Waals surface area (Å²) in [4.78, 5) is 26.7. The highest BCUT2D eigenvalue weighted by Crippen LogP contribution is 2.21. The lowest BCUT2D eigenvalue weighted by molar-refractivity contribution is -0.137. The smallest absolute Gasteiger partial charge is 0.303 e. The van der Waals surface area contributed by atoms with Crippen LogP contribution in [0.5, 0.6) is 0 Å². The number of hydrogen-bond donors (Lipinski definition) is 2. The van der Waals surface area contributed by atoms with E-state index in [1.807, 2.05) is 30.3 Å². The Bertz CT molecular complexity index is 649. The van der Waals surface area contributed by atoms with E-state index in [4.69, 9.17) is 9.52 Å². The average Bonchev–Trinajstić information content (AvgIpc) is 2.89. The van der Waals surface area contributed by atoms with Crippen LogP contribution in [-0.4, -0.2) is 28.5 Å². The van der Waals surface area contributed by atoms with Crippen LogP contribution in [0.3, 0.4) is 0 Å². The van der Waals surface area contributed by atoms with Gasteiger partial charge in [0.25, 0.3) is 5.91 Å². The summed E-state index contributed by atoms with van der Waals surface area (Å²) < 4.78 is 5.53. The first-order valence-corrected chi connectivity index (χ1v) is 7.11. The molecule has 0 radical (unpaired) electrons. The van der Waals surface area contributed by atoms with E-state index in [1.54, 1.807) is 6.92 Å². The Balaban J connectivity index is 1.93. The van der Waals surface area contributed by atoms with Crippen LogP contribution < -0.4 is 5.32 Å². The SMILES string of the molecule is Cc1oc(-c2ccccc2)nc1C(=O)NCCCCC(=O)O. The summed E-state index contributed by atoms with van der Waals surface area (Å²) in [6, 6.07) is 9.36. The number of aryl methyl sites for hydroxylation is 1. The molecule has 0 aliphatic heterocycles. The Kier molecular flexibility index (Phi) is 5.30. The number of nitrogens with one attached hydrogen (secondary N) is 1. The molecule has 0 bridgehead atoms. The lowest BCUT2D eigenvalue weighted by Crippen LogP contribution is -2.25. The van der Waals surface area contributed by atoms with Gasteiger partial charge in [-0.15, -0.1) is 0 Å². The topological polar surface area (TPSA) is 92.4 Å². The molecule has 0 atom stereocenters. The van der Waals surface area contributed by atoms with Crippen molar-refractivity contribution >= 4 is 11.9 Å². The first kappa shape index (κ1) is 15.8. The molecular weight excluding hydrogens is 284 g/mol. The Hall–Kier alpha value is -2.63. The second kappa shape index (κ2) is 7.40. The minimum absolute atomic E-state index is 0.108. The normalized spacial score (nSPS) is 10.4. The van der Waals surface area contributed by atoms with E-state index in [0.717, 1.165) is 5.56 Å². The molecule has 2 aromatic rings. The zero-order valence-corrected chi connectivity index (χ0v) is 12.3. The van der Waals surface area contributed by atoms with Gasteiger partial charge >= 0.3 is 5.97 Å². The number of carboxylic acids is 1. The molecule has 0 aliphatic carbocycles. The lowest BCUT2D eigenvalue weighted by atomic mass is 10.2. The van der Waals surface area contributed by atoms with E-state index in [2.05, 4.69) is 10.3 Å². The molecule has 1 heterocycles. The molecule has 2 rings (SSSR count). The van der Waals surface area contributed by atoms with Gasteiger partial charge in [-0.3, -0.25) is 9.59 Å². The van der Waals surface area contributed by atoms with Gasteiger partial charge in [0.05, 0.1) is 0 Å². The Morgan fingerprint density at radius 1 is 1.23 bits per heavy atom. The van der Waals surface area contributed by atoms with E-state index in [-0.39, 0.29) is 18.0 Å². The van der Waals surface area contributed by atoms with Crippen molar-refractivity contribution in [2.75, 3.05) is 6.54 Å². The molecule has 2 N–H and O–H groups in total. The summed E-state index contributed by atoms with van der Waals surface area (Å²) in [7, 11) is 0. The van der Waals surface area contributed by atoms with Gasteiger partial charge in [0.1, 0.15) is 5.76 Å². The number of rotatable bonds is 7. The molecule has 0 unspecified atom stereocenters. The molecule has 1 aromatic heterocycles. The first-order valence-electron chi connectivity index (χ1n) is 7.11. The van der Waals surface area contributed by atoms with E-state index in [9.17, 15) is 9.59 Å². The van der Waals surface area contributed by atoms with Gasteiger partial charge in [0, 0.05) is 18.5 Å². The number of unbranched alkanes of at least 4 members (excludes halogenated alkanes) is 1. The average molecular weight is 302 g/mol. The zero-order chi connectivity index (χ0) is 15.9. The third kappa shape index (κ3) is 4.18. The molecule has 1 aromatic carbocycles. The molecule has 0 spiro atoms. The van der Waals surface area contributed by atoms with E-state index >= 15 is 0 Å². The fraction of sp³-hybridized carbons (Fsp3) is 0.312. The highest BCUT2D eigenvalue weighted by Gasteiger charge is 2.17. The van der Waals surface area contributed by atoms with Gasteiger partial charge in [0.15, 0.2) is 5.69 Å². The minimum Gasteiger partial charge on any atom is -0.481 e.